The van der Waals surface area contributed by atoms with Crippen LogP contribution in [0.2, 0.25) is 0 Å². The maximum atomic E-state index is 13.7. The number of fused-ring (bicyclic) bond motifs is 2. The molecule has 3 aliphatic rings. The molecule has 2 amide bonds. The highest BCUT2D eigenvalue weighted by molar-refractivity contribution is 8.30. The molecule has 20 heteroatoms. The number of thiocarbonyl (C=S) groups is 1. The van der Waals surface area contributed by atoms with E-state index in [0.717, 1.165) is 41.7 Å². The summed E-state index contributed by atoms with van der Waals surface area (Å²) in [6.45, 7) is -0.544. The molecule has 15 nitrogen and oxygen atoms in total. The molecule has 4 heterocycles. The Labute approximate surface area is 292 Å². The van der Waals surface area contributed by atoms with Crippen LogP contribution in [0.4, 0.5) is 5.69 Å². The maximum absolute atomic E-state index is 13.7. The number of aromatic nitrogens is 1. The van der Waals surface area contributed by atoms with Gasteiger partial charge in [0.2, 0.25) is 6.79 Å². The lowest BCUT2D eigenvalue weighted by Gasteiger charge is -2.20. The number of thioether (sulfide) groups is 3. The van der Waals surface area contributed by atoms with Gasteiger partial charge in [0.1, 0.15) is 43.1 Å². The molecule has 3 aliphatic heterocycles. The third kappa shape index (κ3) is 6.83. The predicted molar refractivity (Wildman–Crippen MR) is 183 cm³/mol. The van der Waals surface area contributed by atoms with E-state index in [2.05, 4.69) is 0 Å². The van der Waals surface area contributed by atoms with Gasteiger partial charge in [0.15, 0.2) is 11.5 Å². The number of benzene rings is 1. The van der Waals surface area contributed by atoms with Crippen LogP contribution in [-0.4, -0.2) is 96.9 Å². The highest BCUT2D eigenvalue weighted by Crippen LogP contribution is 2.51. The number of aliphatic carboxylic acids is 3. The average molecular weight is 753 g/mol. The summed E-state index contributed by atoms with van der Waals surface area (Å²) in [5.74, 6) is -4.51. The molecule has 0 aliphatic carbocycles. The quantitative estimate of drug-likeness (QED) is 0.231. The second-order valence-electron chi connectivity index (χ2n) is 9.99. The van der Waals surface area contributed by atoms with Crippen LogP contribution < -0.4 is 29.1 Å². The number of hydrogen-bond donors (Lipinski definition) is 3. The van der Waals surface area contributed by atoms with Crippen molar-refractivity contribution in [2.24, 2.45) is 0 Å². The molecule has 1 aromatic heterocycles. The van der Waals surface area contributed by atoms with Gasteiger partial charge in [-0.25, -0.2) is 0 Å². The number of allylic oxidation sites excluding steroid dienone is 2. The Kier molecular flexibility index (Phi) is 10.3. The summed E-state index contributed by atoms with van der Waals surface area (Å²) in [5, 5.41) is 29.1. The summed E-state index contributed by atoms with van der Waals surface area (Å²) < 4.78 is 11.3. The number of carboxylic acids is 3. The molecule has 1 aromatic carbocycles. The number of hydrogen-bond acceptors (Lipinski definition) is 14. The molecule has 0 bridgehead atoms. The Balaban J connectivity index is 1.57. The van der Waals surface area contributed by atoms with Gasteiger partial charge in [0.05, 0.1) is 10.7 Å². The van der Waals surface area contributed by atoms with Crippen LogP contribution >= 0.6 is 58.8 Å². The molecular formula is C28H24N4O11S5. The Hall–Kier alpha value is -4.24. The van der Waals surface area contributed by atoms with Gasteiger partial charge in [-0.3, -0.25) is 43.1 Å². The third-order valence-electron chi connectivity index (χ3n) is 6.85. The number of ether oxygens (including phenoxy) is 2. The van der Waals surface area contributed by atoms with E-state index in [1.807, 2.05) is 24.1 Å². The fourth-order valence-electron chi connectivity index (χ4n) is 4.74. The topological polar surface area (TPSA) is 196 Å². The Morgan fingerprint density at radius 2 is 1.69 bits per heavy atom. The molecule has 5 rings (SSSR count). The molecular weight excluding hydrogens is 729 g/mol. The zero-order valence-corrected chi connectivity index (χ0v) is 29.2. The van der Waals surface area contributed by atoms with Crippen molar-refractivity contribution in [1.29, 1.82) is 0 Å². The van der Waals surface area contributed by atoms with Crippen molar-refractivity contribution in [2.45, 2.75) is 18.4 Å². The van der Waals surface area contributed by atoms with Gasteiger partial charge < -0.3 is 29.7 Å². The molecule has 48 heavy (non-hydrogen) atoms. The zero-order valence-electron chi connectivity index (χ0n) is 25.1. The van der Waals surface area contributed by atoms with E-state index in [9.17, 15) is 44.1 Å². The molecule has 1 fully saturated rings. The van der Waals surface area contributed by atoms with Crippen LogP contribution in [0, 0.1) is 0 Å². The van der Waals surface area contributed by atoms with Crippen LogP contribution in [0.25, 0.3) is 9.93 Å². The minimum atomic E-state index is -1.42. The summed E-state index contributed by atoms with van der Waals surface area (Å²) in [6.07, 6.45) is 4.20. The monoisotopic (exact) mass is 752 g/mol. The normalized spacial score (nSPS) is 18.1. The smallest absolute Gasteiger partial charge is 0.323 e. The van der Waals surface area contributed by atoms with E-state index in [4.69, 9.17) is 21.7 Å². The highest BCUT2D eigenvalue weighted by atomic mass is 32.2. The second-order valence-corrected chi connectivity index (χ2v) is 14.5. The third-order valence-corrected chi connectivity index (χ3v) is 11.9. The van der Waals surface area contributed by atoms with Crippen molar-refractivity contribution in [1.82, 2.24) is 14.4 Å². The molecule has 252 valence electrons. The summed E-state index contributed by atoms with van der Waals surface area (Å²) in [7, 11) is 1.85. The highest BCUT2D eigenvalue weighted by Gasteiger charge is 2.36. The van der Waals surface area contributed by atoms with Crippen LogP contribution in [0.3, 0.4) is 0 Å². The van der Waals surface area contributed by atoms with E-state index >= 15 is 0 Å². The maximum Gasteiger partial charge on any atom is 0.323 e. The average Bonchev–Trinajstić information content (AvgIpc) is 3.76. The van der Waals surface area contributed by atoms with Gasteiger partial charge in [-0.05, 0) is 18.8 Å². The molecule has 2 aromatic rings. The minimum Gasteiger partial charge on any atom is -0.480 e. The van der Waals surface area contributed by atoms with Crippen molar-refractivity contribution in [3.63, 3.8) is 0 Å². The van der Waals surface area contributed by atoms with Crippen molar-refractivity contribution >= 4 is 109 Å². The van der Waals surface area contributed by atoms with Crippen LogP contribution in [0.5, 0.6) is 11.5 Å². The second kappa shape index (κ2) is 14.1. The summed E-state index contributed by atoms with van der Waals surface area (Å²) in [6, 6.07) is 3.72. The molecule has 1 saturated heterocycles. The van der Waals surface area contributed by atoms with E-state index < -0.39 is 54.9 Å². The number of carbonyl (C=O) groups is 5. The van der Waals surface area contributed by atoms with E-state index in [0.29, 0.717) is 40.2 Å². The van der Waals surface area contributed by atoms with Crippen LogP contribution in [-0.2, 0) is 30.5 Å². The number of rotatable bonds is 10. The van der Waals surface area contributed by atoms with Gasteiger partial charge in [-0.15, -0.1) is 23.1 Å². The molecule has 0 saturated carbocycles. The van der Waals surface area contributed by atoms with E-state index in [1.165, 1.54) is 30.2 Å². The number of anilines is 1. The van der Waals surface area contributed by atoms with Crippen molar-refractivity contribution in [3.8, 4) is 11.5 Å². The van der Waals surface area contributed by atoms with Gasteiger partial charge in [0.25, 0.3) is 17.4 Å². The number of amides is 2. The van der Waals surface area contributed by atoms with E-state index in [1.54, 1.807) is 6.92 Å². The zero-order chi connectivity index (χ0) is 35.0. The molecule has 0 radical (unpaired) electrons. The van der Waals surface area contributed by atoms with Crippen molar-refractivity contribution < 1.29 is 48.8 Å². The Morgan fingerprint density at radius 3 is 2.31 bits per heavy atom. The van der Waals surface area contributed by atoms with Crippen LogP contribution in [0.15, 0.2) is 44.6 Å². The fraction of sp³-hybridized carbons (Fsp3) is 0.250. The molecule has 0 spiro atoms. The molecule has 0 unspecified atom stereocenters. The van der Waals surface area contributed by atoms with Crippen molar-refractivity contribution in [3.05, 3.63) is 54.4 Å². The van der Waals surface area contributed by atoms with Gasteiger partial charge >= 0.3 is 17.9 Å². The van der Waals surface area contributed by atoms with Crippen molar-refractivity contribution in [2.75, 3.05) is 38.1 Å². The van der Waals surface area contributed by atoms with Crippen LogP contribution in [0.1, 0.15) is 6.92 Å². The number of thiazole rings is 1. The number of carboxylic acid groups (broad SMARTS) is 3. The summed E-state index contributed by atoms with van der Waals surface area (Å²) >= 11 is 8.85. The largest absolute Gasteiger partial charge is 0.480 e. The minimum absolute atomic E-state index is 0.0898. The predicted octanol–water partition coefficient (Wildman–Crippen LogP) is 1.15. The fourth-order valence-corrected chi connectivity index (χ4v) is 9.41. The van der Waals surface area contributed by atoms with Gasteiger partial charge in [-0.1, -0.05) is 41.8 Å². The summed E-state index contributed by atoms with van der Waals surface area (Å²) in [4.78, 5) is 79.7. The first-order chi connectivity index (χ1) is 22.7. The molecule has 0 atom stereocenters. The van der Waals surface area contributed by atoms with Gasteiger partial charge in [0, 0.05) is 30.2 Å². The first kappa shape index (κ1) is 35.1. The first-order valence-corrected chi connectivity index (χ1v) is 17.6. The molecule has 3 N–H and O–H groups in total. The lowest BCUT2D eigenvalue weighted by atomic mass is 10.2. The lowest BCUT2D eigenvalue weighted by molar-refractivity contribution is -0.140. The SMILES string of the molecule is CS/C(=c1/s/c(=C2/SC(=S)N(CC(=O)O)C2=O)n(CC(=O)O)c1=O)N(CC(=O)O)C(=O)C=C/C(C)=C1/Sc2cc3c(cc2N1C)OCO3. The Bertz CT molecular complexity index is 2050. The first-order valence-electron chi connectivity index (χ1n) is 13.5. The lowest BCUT2D eigenvalue weighted by Crippen LogP contribution is -2.40. The standard InChI is InChI=1S/C28H24N4O11S5/c1-12(25-29(2)13-6-14-15(43-11-42-14)7-16(13)46-25)4-5-17(33)30(8-18(34)35)26(45-3)21-23(40)31(9-19(36)37)27(47-21)22-24(41)32(10-20(38)39)28(44)48-22/h4-7H,8-11H2,1-3H3,(H,34,35)(H,36,37)(H,38,39)/b5-4?,25-12+,26-21+,27-22+. The number of carbonyl (C=O) groups excluding carboxylic acids is 2. The van der Waals surface area contributed by atoms with E-state index in [-0.39, 0.29) is 30.2 Å². The van der Waals surface area contributed by atoms with Gasteiger partial charge in [-0.2, -0.15) is 0 Å². The Morgan fingerprint density at radius 1 is 1.02 bits per heavy atom. The summed E-state index contributed by atoms with van der Waals surface area (Å²) in [5.41, 5.74) is 0.656. The number of nitrogens with zero attached hydrogens (tertiary/aromatic N) is 4.